The van der Waals surface area contributed by atoms with Gasteiger partial charge in [-0.3, -0.25) is 4.79 Å². The minimum absolute atomic E-state index is 0.224. The molecule has 0 aliphatic carbocycles. The number of hydrogen-bond donors (Lipinski definition) is 1. The normalized spacial score (nSPS) is 14.9. The van der Waals surface area contributed by atoms with E-state index in [0.29, 0.717) is 31.9 Å². The Morgan fingerprint density at radius 1 is 1.03 bits per heavy atom. The van der Waals surface area contributed by atoms with Crippen molar-refractivity contribution in [3.63, 3.8) is 0 Å². The molecule has 0 unspecified atom stereocenters. The average Bonchev–Trinajstić information content (AvgIpc) is 3.13. The zero-order chi connectivity index (χ0) is 23.6. The number of morpholine rings is 1. The molecule has 0 bridgehead atoms. The van der Waals surface area contributed by atoms with Crippen LogP contribution in [0.15, 0.2) is 59.5 Å². The first-order valence-corrected chi connectivity index (χ1v) is 12.1. The lowest BCUT2D eigenvalue weighted by Gasteiger charge is -2.26. The molecule has 33 heavy (non-hydrogen) atoms. The highest BCUT2D eigenvalue weighted by Gasteiger charge is 2.26. The molecule has 0 atom stereocenters. The van der Waals surface area contributed by atoms with Crippen molar-refractivity contribution >= 4 is 15.9 Å². The van der Waals surface area contributed by atoms with Gasteiger partial charge in [0, 0.05) is 36.7 Å². The molecular formula is C24H26FN3O4S. The second-order valence-corrected chi connectivity index (χ2v) is 9.88. The number of carbonyl (C=O) groups is 1. The Hall–Kier alpha value is -3.01. The number of sulfonamides is 1. The molecule has 2 aromatic carbocycles. The predicted molar refractivity (Wildman–Crippen MR) is 122 cm³/mol. The van der Waals surface area contributed by atoms with Crippen molar-refractivity contribution < 1.29 is 22.3 Å². The average molecular weight is 472 g/mol. The lowest BCUT2D eigenvalue weighted by molar-refractivity contribution is 0.0730. The predicted octanol–water partition coefficient (Wildman–Crippen LogP) is 3.18. The molecule has 174 valence electrons. The maximum absolute atomic E-state index is 13.3. The molecule has 1 N–H and O–H groups in total. The molecule has 1 fully saturated rings. The van der Waals surface area contributed by atoms with Crippen LogP contribution in [-0.2, 0) is 21.3 Å². The van der Waals surface area contributed by atoms with Gasteiger partial charge in [0.2, 0.25) is 10.0 Å². The quantitative estimate of drug-likeness (QED) is 0.599. The highest BCUT2D eigenvalue weighted by atomic mass is 32.2. The SMILES string of the molecule is Cc1cc(C(=O)NCc2ccc(S(=O)(=O)N3CCOCC3)cc2)c(C)n1-c1ccc(F)cc1. The van der Waals surface area contributed by atoms with Crippen LogP contribution >= 0.6 is 0 Å². The van der Waals surface area contributed by atoms with E-state index in [1.807, 2.05) is 18.4 Å². The Kier molecular flexibility index (Phi) is 6.64. The molecule has 1 amide bonds. The highest BCUT2D eigenvalue weighted by molar-refractivity contribution is 7.89. The second-order valence-electron chi connectivity index (χ2n) is 7.94. The molecule has 1 aromatic heterocycles. The van der Waals surface area contributed by atoms with E-state index in [1.54, 1.807) is 42.5 Å². The zero-order valence-electron chi connectivity index (χ0n) is 18.5. The van der Waals surface area contributed by atoms with Gasteiger partial charge in [-0.05, 0) is 61.9 Å². The summed E-state index contributed by atoms with van der Waals surface area (Å²) in [5.41, 5.74) is 3.72. The third-order valence-electron chi connectivity index (χ3n) is 5.74. The molecule has 9 heteroatoms. The Balaban J connectivity index is 1.44. The van der Waals surface area contributed by atoms with Gasteiger partial charge >= 0.3 is 0 Å². The summed E-state index contributed by atoms with van der Waals surface area (Å²) in [7, 11) is -3.55. The fraction of sp³-hybridized carbons (Fsp3) is 0.292. The van der Waals surface area contributed by atoms with Crippen molar-refractivity contribution in [3.8, 4) is 5.69 Å². The lowest BCUT2D eigenvalue weighted by Crippen LogP contribution is -2.40. The lowest BCUT2D eigenvalue weighted by atomic mass is 10.2. The van der Waals surface area contributed by atoms with E-state index in [9.17, 15) is 17.6 Å². The number of benzene rings is 2. The van der Waals surface area contributed by atoms with E-state index < -0.39 is 10.0 Å². The summed E-state index contributed by atoms with van der Waals surface area (Å²) in [6.07, 6.45) is 0. The minimum Gasteiger partial charge on any atom is -0.379 e. The van der Waals surface area contributed by atoms with E-state index in [1.165, 1.54) is 16.4 Å². The first kappa shape index (κ1) is 23.2. The number of nitrogens with one attached hydrogen (secondary N) is 1. The summed E-state index contributed by atoms with van der Waals surface area (Å²) in [6, 6.07) is 14.4. The molecular weight excluding hydrogens is 445 g/mol. The van der Waals surface area contributed by atoms with Gasteiger partial charge in [-0.25, -0.2) is 12.8 Å². The topological polar surface area (TPSA) is 80.6 Å². The number of ether oxygens (including phenoxy) is 1. The van der Waals surface area contributed by atoms with Crippen molar-refractivity contribution in [1.82, 2.24) is 14.2 Å². The number of aryl methyl sites for hydroxylation is 1. The molecule has 7 nitrogen and oxygen atoms in total. The maximum Gasteiger partial charge on any atom is 0.253 e. The molecule has 1 saturated heterocycles. The summed E-state index contributed by atoms with van der Waals surface area (Å²) in [5.74, 6) is -0.551. The summed E-state index contributed by atoms with van der Waals surface area (Å²) in [4.78, 5) is 13.0. The van der Waals surface area contributed by atoms with E-state index in [-0.39, 0.29) is 23.2 Å². The van der Waals surface area contributed by atoms with Crippen LogP contribution in [0.25, 0.3) is 5.69 Å². The van der Waals surface area contributed by atoms with Gasteiger partial charge in [-0.1, -0.05) is 12.1 Å². The van der Waals surface area contributed by atoms with Crippen LogP contribution in [0, 0.1) is 19.7 Å². The van der Waals surface area contributed by atoms with Crippen molar-refractivity contribution in [2.45, 2.75) is 25.3 Å². The van der Waals surface area contributed by atoms with Crippen LogP contribution in [0.1, 0.15) is 27.3 Å². The van der Waals surface area contributed by atoms with Crippen LogP contribution in [0.2, 0.25) is 0 Å². The van der Waals surface area contributed by atoms with E-state index in [0.717, 1.165) is 22.6 Å². The highest BCUT2D eigenvalue weighted by Crippen LogP contribution is 2.22. The molecule has 0 spiro atoms. The van der Waals surface area contributed by atoms with Crippen LogP contribution in [0.5, 0.6) is 0 Å². The van der Waals surface area contributed by atoms with E-state index >= 15 is 0 Å². The van der Waals surface area contributed by atoms with Crippen LogP contribution < -0.4 is 5.32 Å². The third kappa shape index (κ3) is 4.85. The minimum atomic E-state index is -3.55. The molecule has 2 heterocycles. The molecule has 0 saturated carbocycles. The van der Waals surface area contributed by atoms with Gasteiger partial charge in [-0.2, -0.15) is 4.31 Å². The van der Waals surface area contributed by atoms with Crippen molar-refractivity contribution in [2.75, 3.05) is 26.3 Å². The first-order chi connectivity index (χ1) is 15.8. The smallest absolute Gasteiger partial charge is 0.253 e. The maximum atomic E-state index is 13.3. The van der Waals surface area contributed by atoms with Crippen molar-refractivity contribution in [2.24, 2.45) is 0 Å². The zero-order valence-corrected chi connectivity index (χ0v) is 19.4. The third-order valence-corrected chi connectivity index (χ3v) is 7.66. The summed E-state index contributed by atoms with van der Waals surface area (Å²) >= 11 is 0. The van der Waals surface area contributed by atoms with Gasteiger partial charge < -0.3 is 14.6 Å². The molecule has 1 aliphatic rings. The van der Waals surface area contributed by atoms with Crippen LogP contribution in [-0.4, -0.2) is 49.5 Å². The Bertz CT molecular complexity index is 1250. The van der Waals surface area contributed by atoms with Gasteiger partial charge in [0.25, 0.3) is 5.91 Å². The van der Waals surface area contributed by atoms with Gasteiger partial charge in [0.05, 0.1) is 23.7 Å². The van der Waals surface area contributed by atoms with E-state index in [4.69, 9.17) is 4.74 Å². The standard InChI is InChI=1S/C24H26FN3O4S/c1-17-15-23(18(2)28(17)21-7-5-20(25)6-8-21)24(29)26-16-19-3-9-22(10-4-19)33(30,31)27-11-13-32-14-12-27/h3-10,15H,11-14,16H2,1-2H3,(H,26,29). The molecule has 3 aromatic rings. The summed E-state index contributed by atoms with van der Waals surface area (Å²) in [6.45, 7) is 5.47. The molecule has 0 radical (unpaired) electrons. The number of nitrogens with zero attached hydrogens (tertiary/aromatic N) is 2. The van der Waals surface area contributed by atoms with Gasteiger partial charge in [-0.15, -0.1) is 0 Å². The molecule has 4 rings (SSSR count). The fourth-order valence-corrected chi connectivity index (χ4v) is 5.38. The monoisotopic (exact) mass is 471 g/mol. The number of aromatic nitrogens is 1. The first-order valence-electron chi connectivity index (χ1n) is 10.7. The van der Waals surface area contributed by atoms with Crippen molar-refractivity contribution in [3.05, 3.63) is 82.9 Å². The number of halogens is 1. The Morgan fingerprint density at radius 3 is 2.30 bits per heavy atom. The number of amides is 1. The number of rotatable bonds is 6. The fourth-order valence-electron chi connectivity index (χ4n) is 3.97. The largest absolute Gasteiger partial charge is 0.379 e. The van der Waals surface area contributed by atoms with Gasteiger partial charge in [0.1, 0.15) is 5.82 Å². The van der Waals surface area contributed by atoms with Crippen LogP contribution in [0.4, 0.5) is 4.39 Å². The number of hydrogen-bond acceptors (Lipinski definition) is 4. The van der Waals surface area contributed by atoms with Crippen LogP contribution in [0.3, 0.4) is 0 Å². The van der Waals surface area contributed by atoms with Crippen molar-refractivity contribution in [1.29, 1.82) is 0 Å². The molecule has 1 aliphatic heterocycles. The summed E-state index contributed by atoms with van der Waals surface area (Å²) < 4.78 is 47.3. The number of carbonyl (C=O) groups excluding carboxylic acids is 1. The van der Waals surface area contributed by atoms with Gasteiger partial charge in [0.15, 0.2) is 0 Å². The Morgan fingerprint density at radius 2 is 1.67 bits per heavy atom. The van der Waals surface area contributed by atoms with E-state index in [2.05, 4.69) is 5.32 Å². The second kappa shape index (κ2) is 9.46. The summed E-state index contributed by atoms with van der Waals surface area (Å²) in [5, 5.41) is 2.89. The Labute approximate surface area is 192 Å².